The Hall–Kier alpha value is -0.0800. The number of hydrogen-bond acceptors (Lipinski definition) is 2. The van der Waals surface area contributed by atoms with Gasteiger partial charge in [-0.2, -0.15) is 0 Å². The average molecular weight is 142 g/mol. The van der Waals surface area contributed by atoms with Crippen molar-refractivity contribution in [1.82, 2.24) is 9.80 Å². The highest BCUT2D eigenvalue weighted by Gasteiger charge is 2.24. The van der Waals surface area contributed by atoms with Gasteiger partial charge < -0.3 is 0 Å². The Morgan fingerprint density at radius 1 is 1.20 bits per heavy atom. The van der Waals surface area contributed by atoms with Crippen molar-refractivity contribution in [2.45, 2.75) is 20.8 Å². The maximum Gasteiger partial charge on any atom is 0.0527 e. The topological polar surface area (TPSA) is 6.48 Å². The lowest BCUT2D eigenvalue weighted by molar-refractivity contribution is -0.0294. The third-order valence-electron chi connectivity index (χ3n) is 1.58. The summed E-state index contributed by atoms with van der Waals surface area (Å²) in [5.74, 6) is 0. The van der Waals surface area contributed by atoms with Crippen LogP contribution in [-0.2, 0) is 0 Å². The van der Waals surface area contributed by atoms with Crippen LogP contribution in [0.25, 0.3) is 0 Å². The Morgan fingerprint density at radius 2 is 1.70 bits per heavy atom. The highest BCUT2D eigenvalue weighted by molar-refractivity contribution is 4.73. The van der Waals surface area contributed by atoms with Gasteiger partial charge in [0, 0.05) is 6.54 Å². The van der Waals surface area contributed by atoms with Crippen molar-refractivity contribution in [1.29, 1.82) is 0 Å². The lowest BCUT2D eigenvalue weighted by Gasteiger charge is -2.43. The smallest absolute Gasteiger partial charge is 0.0527 e. The monoisotopic (exact) mass is 142 g/mol. The fraction of sp³-hybridized carbons (Fsp3) is 1.00. The molecule has 1 heterocycles. The molecule has 10 heavy (non-hydrogen) atoms. The molecule has 0 aromatic heterocycles. The third kappa shape index (κ3) is 2.27. The standard InChI is InChI=1S/C8H18N2/c1-8(2,3)5-10-6-9(4)7-10/h5-7H2,1-4H3. The Labute approximate surface area is 63.8 Å². The molecule has 0 saturated carbocycles. The zero-order valence-corrected chi connectivity index (χ0v) is 7.52. The van der Waals surface area contributed by atoms with E-state index in [1.807, 2.05) is 0 Å². The highest BCUT2D eigenvalue weighted by Crippen LogP contribution is 2.18. The predicted molar refractivity (Wildman–Crippen MR) is 43.7 cm³/mol. The van der Waals surface area contributed by atoms with Gasteiger partial charge in [-0.25, -0.2) is 0 Å². The molecule has 0 aromatic carbocycles. The average Bonchev–Trinajstić information content (AvgIpc) is 1.57. The molecule has 0 spiro atoms. The molecule has 0 atom stereocenters. The van der Waals surface area contributed by atoms with Gasteiger partial charge in [-0.1, -0.05) is 20.8 Å². The van der Waals surface area contributed by atoms with Crippen LogP contribution in [0.3, 0.4) is 0 Å². The quantitative estimate of drug-likeness (QED) is 0.542. The van der Waals surface area contributed by atoms with E-state index in [1.165, 1.54) is 6.54 Å². The summed E-state index contributed by atoms with van der Waals surface area (Å²) in [6, 6.07) is 0. The van der Waals surface area contributed by atoms with E-state index in [0.29, 0.717) is 5.41 Å². The Bertz CT molecular complexity index is 109. The second-order valence-corrected chi connectivity index (χ2v) is 4.53. The van der Waals surface area contributed by atoms with Crippen molar-refractivity contribution in [3.8, 4) is 0 Å². The third-order valence-corrected chi connectivity index (χ3v) is 1.58. The predicted octanol–water partition coefficient (Wildman–Crippen LogP) is 1.19. The molecule has 1 saturated heterocycles. The molecule has 60 valence electrons. The molecule has 1 aliphatic rings. The van der Waals surface area contributed by atoms with Crippen molar-refractivity contribution >= 4 is 0 Å². The van der Waals surface area contributed by atoms with Crippen LogP contribution in [0, 0.1) is 5.41 Å². The zero-order valence-electron chi connectivity index (χ0n) is 7.52. The molecule has 0 amide bonds. The molecule has 0 N–H and O–H groups in total. The van der Waals surface area contributed by atoms with Crippen molar-refractivity contribution in [2.24, 2.45) is 5.41 Å². The van der Waals surface area contributed by atoms with Crippen molar-refractivity contribution in [3.63, 3.8) is 0 Å². The van der Waals surface area contributed by atoms with Gasteiger partial charge in [-0.05, 0) is 12.5 Å². The number of hydrogen-bond donors (Lipinski definition) is 0. The van der Waals surface area contributed by atoms with Crippen LogP contribution >= 0.6 is 0 Å². The molecule has 1 aliphatic heterocycles. The lowest BCUT2D eigenvalue weighted by Crippen LogP contribution is -2.55. The normalized spacial score (nSPS) is 22.8. The first-order chi connectivity index (χ1) is 4.47. The van der Waals surface area contributed by atoms with Crippen LogP contribution in [0.4, 0.5) is 0 Å². The van der Waals surface area contributed by atoms with Crippen LogP contribution in [0.15, 0.2) is 0 Å². The van der Waals surface area contributed by atoms with E-state index in [4.69, 9.17) is 0 Å². The maximum atomic E-state index is 2.46. The van der Waals surface area contributed by atoms with E-state index in [0.717, 1.165) is 13.3 Å². The molecular weight excluding hydrogens is 124 g/mol. The molecule has 0 bridgehead atoms. The Morgan fingerprint density at radius 3 is 2.00 bits per heavy atom. The summed E-state index contributed by atoms with van der Waals surface area (Å²) >= 11 is 0. The molecule has 2 heteroatoms. The van der Waals surface area contributed by atoms with Gasteiger partial charge in [0.2, 0.25) is 0 Å². The summed E-state index contributed by atoms with van der Waals surface area (Å²) in [6.45, 7) is 10.4. The minimum atomic E-state index is 0.460. The van der Waals surface area contributed by atoms with Gasteiger partial charge in [-0.15, -0.1) is 0 Å². The molecule has 0 radical (unpaired) electrons. The second kappa shape index (κ2) is 2.51. The Kier molecular flexibility index (Phi) is 2.02. The first-order valence-electron chi connectivity index (χ1n) is 3.88. The van der Waals surface area contributed by atoms with Crippen LogP contribution in [-0.4, -0.2) is 36.7 Å². The first kappa shape index (κ1) is 8.02. The zero-order chi connectivity index (χ0) is 7.78. The summed E-state index contributed by atoms with van der Waals surface area (Å²) in [5, 5.41) is 0. The van der Waals surface area contributed by atoms with Gasteiger partial charge in [0.15, 0.2) is 0 Å². The molecule has 1 fully saturated rings. The summed E-state index contributed by atoms with van der Waals surface area (Å²) in [5.41, 5.74) is 0.460. The lowest BCUT2D eigenvalue weighted by atomic mass is 9.96. The van der Waals surface area contributed by atoms with Crippen molar-refractivity contribution < 1.29 is 0 Å². The summed E-state index contributed by atoms with van der Waals surface area (Å²) in [6.07, 6.45) is 0. The first-order valence-corrected chi connectivity index (χ1v) is 3.88. The van der Waals surface area contributed by atoms with Crippen molar-refractivity contribution in [2.75, 3.05) is 26.9 Å². The van der Waals surface area contributed by atoms with Crippen LogP contribution in [0.5, 0.6) is 0 Å². The van der Waals surface area contributed by atoms with Gasteiger partial charge >= 0.3 is 0 Å². The number of rotatable bonds is 1. The van der Waals surface area contributed by atoms with Crippen LogP contribution < -0.4 is 0 Å². The molecule has 2 nitrogen and oxygen atoms in total. The molecular formula is C8H18N2. The van der Waals surface area contributed by atoms with Gasteiger partial charge in [-0.3, -0.25) is 9.80 Å². The van der Waals surface area contributed by atoms with E-state index in [2.05, 4.69) is 37.6 Å². The maximum absolute atomic E-state index is 2.46. The molecule has 0 aliphatic carbocycles. The largest absolute Gasteiger partial charge is 0.280 e. The summed E-state index contributed by atoms with van der Waals surface area (Å²) < 4.78 is 0. The number of nitrogens with zero attached hydrogens (tertiary/aromatic N) is 2. The van der Waals surface area contributed by atoms with Gasteiger partial charge in [0.05, 0.1) is 13.3 Å². The van der Waals surface area contributed by atoms with E-state index in [1.54, 1.807) is 0 Å². The summed E-state index contributed by atoms with van der Waals surface area (Å²) in [4.78, 5) is 4.77. The summed E-state index contributed by atoms with van der Waals surface area (Å²) in [7, 11) is 2.15. The van der Waals surface area contributed by atoms with E-state index < -0.39 is 0 Å². The van der Waals surface area contributed by atoms with E-state index in [-0.39, 0.29) is 0 Å². The molecule has 1 rings (SSSR count). The second-order valence-electron chi connectivity index (χ2n) is 4.53. The SMILES string of the molecule is CN1CN(CC(C)(C)C)C1. The van der Waals surface area contributed by atoms with Gasteiger partial charge in [0.25, 0.3) is 0 Å². The van der Waals surface area contributed by atoms with E-state index in [9.17, 15) is 0 Å². The Balaban J connectivity index is 2.16. The fourth-order valence-electron chi connectivity index (χ4n) is 1.41. The minimum Gasteiger partial charge on any atom is -0.280 e. The van der Waals surface area contributed by atoms with Gasteiger partial charge in [0.1, 0.15) is 0 Å². The van der Waals surface area contributed by atoms with Crippen LogP contribution in [0.2, 0.25) is 0 Å². The fourth-order valence-corrected chi connectivity index (χ4v) is 1.41. The molecule has 0 aromatic rings. The highest BCUT2D eigenvalue weighted by atomic mass is 15.5. The molecule has 0 unspecified atom stereocenters. The van der Waals surface area contributed by atoms with Crippen LogP contribution in [0.1, 0.15) is 20.8 Å². The minimum absolute atomic E-state index is 0.460. The van der Waals surface area contributed by atoms with E-state index >= 15 is 0 Å². The van der Waals surface area contributed by atoms with Crippen molar-refractivity contribution in [3.05, 3.63) is 0 Å².